The highest BCUT2D eigenvalue weighted by Gasteiger charge is 2.15. The van der Waals surface area contributed by atoms with Gasteiger partial charge < -0.3 is 25.1 Å². The molecule has 1 unspecified atom stereocenters. The Morgan fingerprint density at radius 2 is 1.61 bits per heavy atom. The summed E-state index contributed by atoms with van der Waals surface area (Å²) in [6.45, 7) is 0.474. The van der Waals surface area contributed by atoms with Gasteiger partial charge in [0.2, 0.25) is 0 Å². The van der Waals surface area contributed by atoms with Gasteiger partial charge in [-0.1, -0.05) is 0 Å². The summed E-state index contributed by atoms with van der Waals surface area (Å²) in [5, 5.41) is 9.20. The summed E-state index contributed by atoms with van der Waals surface area (Å²) in [4.78, 5) is 0. The van der Waals surface area contributed by atoms with Crippen molar-refractivity contribution in [2.24, 2.45) is 11.7 Å². The van der Waals surface area contributed by atoms with Gasteiger partial charge in [-0.15, -0.1) is 0 Å². The molecule has 0 aliphatic rings. The van der Waals surface area contributed by atoms with Gasteiger partial charge in [0.15, 0.2) is 11.5 Å². The molecule has 1 aromatic carbocycles. The molecule has 1 atom stereocenters. The Kier molecular flexibility index (Phi) is 5.74. The molecule has 0 amide bonds. The molecule has 5 nitrogen and oxygen atoms in total. The third-order valence-electron chi connectivity index (χ3n) is 2.89. The molecule has 1 aromatic rings. The van der Waals surface area contributed by atoms with Crippen molar-refractivity contribution >= 4 is 0 Å². The number of hydrogen-bond donors (Lipinski definition) is 2. The van der Waals surface area contributed by atoms with Crippen LogP contribution in [-0.4, -0.2) is 39.6 Å². The third kappa shape index (κ3) is 3.27. The SMILES string of the molecule is COc1cc(OC)c(OC)cc1CC(CN)CO. The van der Waals surface area contributed by atoms with Gasteiger partial charge in [0, 0.05) is 12.7 Å². The first-order valence-electron chi connectivity index (χ1n) is 5.79. The Balaban J connectivity index is 3.08. The predicted molar refractivity (Wildman–Crippen MR) is 69.4 cm³/mol. The Morgan fingerprint density at radius 1 is 1.06 bits per heavy atom. The summed E-state index contributed by atoms with van der Waals surface area (Å²) in [5.41, 5.74) is 6.54. The van der Waals surface area contributed by atoms with E-state index >= 15 is 0 Å². The molecule has 0 saturated heterocycles. The monoisotopic (exact) mass is 255 g/mol. The normalized spacial score (nSPS) is 12.1. The van der Waals surface area contributed by atoms with Crippen LogP contribution in [0.15, 0.2) is 12.1 Å². The van der Waals surface area contributed by atoms with Gasteiger partial charge in [-0.2, -0.15) is 0 Å². The van der Waals surface area contributed by atoms with Crippen molar-refractivity contribution in [2.45, 2.75) is 6.42 Å². The number of aliphatic hydroxyl groups is 1. The lowest BCUT2D eigenvalue weighted by Crippen LogP contribution is -2.20. The Hall–Kier alpha value is -1.46. The number of aliphatic hydroxyl groups excluding tert-OH is 1. The first-order valence-corrected chi connectivity index (χ1v) is 5.79. The van der Waals surface area contributed by atoms with Crippen LogP contribution in [0.5, 0.6) is 17.2 Å². The van der Waals surface area contributed by atoms with Crippen molar-refractivity contribution in [3.8, 4) is 17.2 Å². The van der Waals surface area contributed by atoms with Crippen molar-refractivity contribution in [3.05, 3.63) is 17.7 Å². The molecular weight excluding hydrogens is 234 g/mol. The van der Waals surface area contributed by atoms with Crippen LogP contribution in [0, 0.1) is 5.92 Å². The first-order chi connectivity index (χ1) is 8.69. The summed E-state index contributed by atoms with van der Waals surface area (Å²) < 4.78 is 15.8. The second-order valence-corrected chi connectivity index (χ2v) is 4.01. The maximum Gasteiger partial charge on any atom is 0.164 e. The molecule has 3 N–H and O–H groups in total. The minimum atomic E-state index is 0.0111. The molecule has 0 radical (unpaired) electrons. The maximum atomic E-state index is 9.20. The van der Waals surface area contributed by atoms with E-state index in [-0.39, 0.29) is 12.5 Å². The average Bonchev–Trinajstić information content (AvgIpc) is 2.43. The third-order valence-corrected chi connectivity index (χ3v) is 2.89. The van der Waals surface area contributed by atoms with Crippen LogP contribution >= 0.6 is 0 Å². The fraction of sp³-hybridized carbons (Fsp3) is 0.538. The van der Waals surface area contributed by atoms with Gasteiger partial charge in [0.1, 0.15) is 5.75 Å². The minimum Gasteiger partial charge on any atom is -0.496 e. The number of ether oxygens (including phenoxy) is 3. The highest BCUT2D eigenvalue weighted by Crippen LogP contribution is 2.35. The van der Waals surface area contributed by atoms with Crippen LogP contribution in [0.25, 0.3) is 0 Å². The van der Waals surface area contributed by atoms with E-state index in [1.165, 1.54) is 0 Å². The van der Waals surface area contributed by atoms with E-state index in [4.69, 9.17) is 19.9 Å². The predicted octanol–water partition coefficient (Wildman–Crippen LogP) is 0.822. The highest BCUT2D eigenvalue weighted by atomic mass is 16.5. The second kappa shape index (κ2) is 7.08. The lowest BCUT2D eigenvalue weighted by molar-refractivity contribution is 0.228. The fourth-order valence-electron chi connectivity index (χ4n) is 1.79. The minimum absolute atomic E-state index is 0.0111. The molecule has 0 bridgehead atoms. The van der Waals surface area contributed by atoms with Crippen LogP contribution in [0.2, 0.25) is 0 Å². The van der Waals surface area contributed by atoms with Crippen molar-refractivity contribution in [2.75, 3.05) is 34.5 Å². The summed E-state index contributed by atoms with van der Waals surface area (Å²) in [5.74, 6) is 1.98. The van der Waals surface area contributed by atoms with Crippen molar-refractivity contribution < 1.29 is 19.3 Å². The van der Waals surface area contributed by atoms with Gasteiger partial charge in [0.25, 0.3) is 0 Å². The molecular formula is C13H21NO4. The van der Waals surface area contributed by atoms with Crippen molar-refractivity contribution in [1.29, 1.82) is 0 Å². The zero-order valence-electron chi connectivity index (χ0n) is 11.1. The van der Waals surface area contributed by atoms with Gasteiger partial charge in [-0.05, 0) is 30.5 Å². The smallest absolute Gasteiger partial charge is 0.164 e. The van der Waals surface area contributed by atoms with E-state index in [1.807, 2.05) is 6.07 Å². The summed E-state index contributed by atoms with van der Waals surface area (Å²) in [7, 11) is 4.76. The van der Waals surface area contributed by atoms with Crippen LogP contribution in [0.3, 0.4) is 0 Å². The molecule has 0 saturated carbocycles. The molecule has 5 heteroatoms. The Labute approximate surface area is 107 Å². The molecule has 18 heavy (non-hydrogen) atoms. The standard InChI is InChI=1S/C13H21NO4/c1-16-11-6-13(18-3)12(17-2)5-10(11)4-9(7-14)8-15/h5-6,9,15H,4,7-8,14H2,1-3H3. The summed E-state index contributed by atoms with van der Waals surface area (Å²) in [6.07, 6.45) is 0.635. The fourth-order valence-corrected chi connectivity index (χ4v) is 1.79. The average molecular weight is 255 g/mol. The van der Waals surface area contributed by atoms with Gasteiger partial charge in [0.05, 0.1) is 21.3 Å². The van der Waals surface area contributed by atoms with Gasteiger partial charge in [-0.3, -0.25) is 0 Å². The molecule has 0 heterocycles. The van der Waals surface area contributed by atoms with Gasteiger partial charge in [-0.25, -0.2) is 0 Å². The van der Waals surface area contributed by atoms with E-state index in [0.717, 1.165) is 5.56 Å². The lowest BCUT2D eigenvalue weighted by Gasteiger charge is -2.17. The van der Waals surface area contributed by atoms with Crippen molar-refractivity contribution in [1.82, 2.24) is 0 Å². The maximum absolute atomic E-state index is 9.20. The zero-order valence-corrected chi connectivity index (χ0v) is 11.1. The lowest BCUT2D eigenvalue weighted by atomic mass is 9.99. The number of nitrogens with two attached hydrogens (primary N) is 1. The van der Waals surface area contributed by atoms with E-state index in [2.05, 4.69) is 0 Å². The van der Waals surface area contributed by atoms with E-state index in [1.54, 1.807) is 27.4 Å². The first kappa shape index (κ1) is 14.6. The molecule has 1 rings (SSSR count). The molecule has 102 valence electrons. The van der Waals surface area contributed by atoms with Crippen molar-refractivity contribution in [3.63, 3.8) is 0 Å². The molecule has 0 fully saturated rings. The Morgan fingerprint density at radius 3 is 2.06 bits per heavy atom. The Bertz CT molecular complexity index is 377. The second-order valence-electron chi connectivity index (χ2n) is 4.01. The van der Waals surface area contributed by atoms with Crippen LogP contribution in [-0.2, 0) is 6.42 Å². The molecule has 0 aliphatic heterocycles. The van der Waals surface area contributed by atoms with E-state index in [0.29, 0.717) is 30.2 Å². The van der Waals surface area contributed by atoms with Gasteiger partial charge >= 0.3 is 0 Å². The van der Waals surface area contributed by atoms with Crippen LogP contribution < -0.4 is 19.9 Å². The van der Waals surface area contributed by atoms with Crippen LogP contribution in [0.4, 0.5) is 0 Å². The largest absolute Gasteiger partial charge is 0.496 e. The molecule has 0 aromatic heterocycles. The van der Waals surface area contributed by atoms with E-state index < -0.39 is 0 Å². The summed E-state index contributed by atoms with van der Waals surface area (Å²) in [6, 6.07) is 3.63. The molecule has 0 spiro atoms. The number of hydrogen-bond acceptors (Lipinski definition) is 5. The quantitative estimate of drug-likeness (QED) is 0.754. The zero-order chi connectivity index (χ0) is 13.5. The van der Waals surface area contributed by atoms with Crippen LogP contribution in [0.1, 0.15) is 5.56 Å². The number of benzene rings is 1. The molecule has 0 aliphatic carbocycles. The highest BCUT2D eigenvalue weighted by molar-refractivity contribution is 5.50. The van der Waals surface area contributed by atoms with E-state index in [9.17, 15) is 5.11 Å². The number of methoxy groups -OCH3 is 3. The number of rotatable bonds is 7. The summed E-state index contributed by atoms with van der Waals surface area (Å²) >= 11 is 0. The topological polar surface area (TPSA) is 73.9 Å².